The van der Waals surface area contributed by atoms with Crippen LogP contribution in [0, 0.1) is 6.92 Å². The van der Waals surface area contributed by atoms with E-state index in [2.05, 4.69) is 4.98 Å². The number of halogens is 1. The van der Waals surface area contributed by atoms with Crippen LogP contribution in [0.15, 0.2) is 15.8 Å². The molecule has 1 aromatic rings. The third-order valence-electron chi connectivity index (χ3n) is 2.80. The van der Waals surface area contributed by atoms with E-state index in [0.29, 0.717) is 5.56 Å². The average Bonchev–Trinajstić information content (AvgIpc) is 2.65. The Kier molecular flexibility index (Phi) is 3.12. The number of H-pyrrole nitrogens is 1. The molecule has 2 N–H and O–H groups in total. The quantitative estimate of drug-likeness (QED) is 0.732. The number of hydrogen-bond acceptors (Lipinski definition) is 4. The molecule has 0 saturated carbocycles. The lowest BCUT2D eigenvalue weighted by atomic mass is 10.2. The molecule has 1 aliphatic heterocycles. The highest BCUT2D eigenvalue weighted by Crippen LogP contribution is 2.29. The van der Waals surface area contributed by atoms with Gasteiger partial charge in [-0.3, -0.25) is 14.3 Å². The van der Waals surface area contributed by atoms with Crippen molar-refractivity contribution in [1.82, 2.24) is 9.55 Å². The van der Waals surface area contributed by atoms with Gasteiger partial charge in [0.15, 0.2) is 0 Å². The first-order valence-corrected chi connectivity index (χ1v) is 5.25. The molecule has 1 saturated heterocycles. The average molecular weight is 244 g/mol. The van der Waals surface area contributed by atoms with Crippen molar-refractivity contribution < 1.29 is 14.2 Å². The maximum Gasteiger partial charge on any atom is 0.330 e. The Morgan fingerprint density at radius 3 is 2.94 bits per heavy atom. The Hall–Kier alpha value is -1.47. The van der Waals surface area contributed by atoms with Gasteiger partial charge >= 0.3 is 5.69 Å². The van der Waals surface area contributed by atoms with Crippen molar-refractivity contribution in [1.29, 1.82) is 0 Å². The fraction of sp³-hybridized carbons (Fsp3) is 0.600. The number of rotatable bonds is 2. The van der Waals surface area contributed by atoms with Crippen LogP contribution in [-0.4, -0.2) is 33.5 Å². The predicted molar refractivity (Wildman–Crippen MR) is 56.6 cm³/mol. The minimum atomic E-state index is -1.32. The molecule has 0 amide bonds. The molecule has 17 heavy (non-hydrogen) atoms. The van der Waals surface area contributed by atoms with Crippen molar-refractivity contribution in [3.05, 3.63) is 32.6 Å². The van der Waals surface area contributed by atoms with Crippen molar-refractivity contribution >= 4 is 0 Å². The molecule has 1 aliphatic rings. The largest absolute Gasteiger partial charge is 0.394 e. The number of nitrogens with zero attached hydrogens (tertiary/aromatic N) is 1. The van der Waals surface area contributed by atoms with Crippen LogP contribution in [0.1, 0.15) is 18.2 Å². The third kappa shape index (κ3) is 2.16. The van der Waals surface area contributed by atoms with Crippen LogP contribution >= 0.6 is 0 Å². The van der Waals surface area contributed by atoms with Crippen LogP contribution in [0.3, 0.4) is 0 Å². The molecule has 1 fully saturated rings. The Morgan fingerprint density at radius 2 is 2.35 bits per heavy atom. The van der Waals surface area contributed by atoms with Crippen LogP contribution < -0.4 is 11.2 Å². The number of aromatic amines is 1. The molecule has 94 valence electrons. The highest BCUT2D eigenvalue weighted by Gasteiger charge is 2.36. The molecule has 0 bridgehead atoms. The number of aliphatic hydroxyl groups is 1. The Labute approximate surface area is 95.7 Å². The first kappa shape index (κ1) is 12.0. The molecule has 3 atom stereocenters. The van der Waals surface area contributed by atoms with E-state index in [1.807, 2.05) is 0 Å². The summed E-state index contributed by atoms with van der Waals surface area (Å²) in [5, 5.41) is 8.86. The van der Waals surface area contributed by atoms with E-state index in [4.69, 9.17) is 9.84 Å². The van der Waals surface area contributed by atoms with Crippen molar-refractivity contribution in [2.45, 2.75) is 31.8 Å². The van der Waals surface area contributed by atoms with Crippen LogP contribution in [0.4, 0.5) is 4.39 Å². The molecule has 7 heteroatoms. The second-order valence-electron chi connectivity index (χ2n) is 4.04. The van der Waals surface area contributed by atoms with Gasteiger partial charge in [-0.05, 0) is 6.92 Å². The summed E-state index contributed by atoms with van der Waals surface area (Å²) in [4.78, 5) is 24.8. The summed E-state index contributed by atoms with van der Waals surface area (Å²) in [6.07, 6.45) is -1.71. The fourth-order valence-electron chi connectivity index (χ4n) is 1.82. The van der Waals surface area contributed by atoms with Crippen molar-refractivity contribution in [3.63, 3.8) is 0 Å². The molecule has 0 unspecified atom stereocenters. The van der Waals surface area contributed by atoms with Gasteiger partial charge in [0, 0.05) is 18.2 Å². The first-order chi connectivity index (χ1) is 8.02. The monoisotopic (exact) mass is 244 g/mol. The van der Waals surface area contributed by atoms with Gasteiger partial charge in [0.25, 0.3) is 5.56 Å². The molecule has 6 nitrogen and oxygen atoms in total. The highest BCUT2D eigenvalue weighted by molar-refractivity contribution is 5.02. The van der Waals surface area contributed by atoms with Gasteiger partial charge in [-0.25, -0.2) is 9.18 Å². The molecular formula is C10H13FN2O4. The zero-order valence-corrected chi connectivity index (χ0v) is 9.22. The zero-order valence-electron chi connectivity index (χ0n) is 9.22. The van der Waals surface area contributed by atoms with Gasteiger partial charge < -0.3 is 9.84 Å². The Morgan fingerprint density at radius 1 is 1.65 bits per heavy atom. The summed E-state index contributed by atoms with van der Waals surface area (Å²) in [6.45, 7) is 1.11. The molecule has 2 heterocycles. The Bertz CT molecular complexity index is 524. The molecule has 0 aromatic carbocycles. The second kappa shape index (κ2) is 4.42. The highest BCUT2D eigenvalue weighted by atomic mass is 19.1. The van der Waals surface area contributed by atoms with Crippen molar-refractivity contribution in [3.8, 4) is 0 Å². The number of ether oxygens (including phenoxy) is 1. The van der Waals surface area contributed by atoms with E-state index in [0.717, 1.165) is 4.57 Å². The SMILES string of the molecule is Cc1cn([C@H]2C[C@@H](F)[C@H](CO)O2)c(=O)[nH]c1=O. The zero-order chi connectivity index (χ0) is 12.6. The lowest BCUT2D eigenvalue weighted by molar-refractivity contribution is -0.0356. The molecule has 0 aliphatic carbocycles. The topological polar surface area (TPSA) is 84.3 Å². The normalized spacial score (nSPS) is 28.5. The number of aryl methyl sites for hydroxylation is 1. The van der Waals surface area contributed by atoms with E-state index in [-0.39, 0.29) is 6.42 Å². The number of nitrogens with one attached hydrogen (secondary N) is 1. The van der Waals surface area contributed by atoms with Gasteiger partial charge in [0.2, 0.25) is 0 Å². The van der Waals surface area contributed by atoms with Gasteiger partial charge in [-0.15, -0.1) is 0 Å². The van der Waals surface area contributed by atoms with Crippen LogP contribution in [0.2, 0.25) is 0 Å². The van der Waals surface area contributed by atoms with Gasteiger partial charge in [0.05, 0.1) is 6.61 Å². The van der Waals surface area contributed by atoms with E-state index in [1.54, 1.807) is 6.92 Å². The summed E-state index contributed by atoms with van der Waals surface area (Å²) >= 11 is 0. The standard InChI is InChI=1S/C10H13FN2O4/c1-5-3-13(10(16)12-9(5)15)8-2-6(11)7(4-14)17-8/h3,6-8,14H,2,4H2,1H3,(H,12,15,16)/t6-,7+,8-/m1/s1. The summed E-state index contributed by atoms with van der Waals surface area (Å²) < 4.78 is 19.7. The lowest BCUT2D eigenvalue weighted by Crippen LogP contribution is -2.33. The minimum absolute atomic E-state index is 0.0172. The smallest absolute Gasteiger partial charge is 0.330 e. The molecule has 1 aromatic heterocycles. The predicted octanol–water partition coefficient (Wildman–Crippen LogP) is -0.537. The second-order valence-corrected chi connectivity index (χ2v) is 4.04. The number of aromatic nitrogens is 2. The minimum Gasteiger partial charge on any atom is -0.394 e. The lowest BCUT2D eigenvalue weighted by Gasteiger charge is -2.14. The number of alkyl halides is 1. The van der Waals surface area contributed by atoms with Crippen molar-refractivity contribution in [2.24, 2.45) is 0 Å². The van der Waals surface area contributed by atoms with E-state index < -0.39 is 36.4 Å². The third-order valence-corrected chi connectivity index (χ3v) is 2.80. The van der Waals surface area contributed by atoms with Gasteiger partial charge in [-0.1, -0.05) is 0 Å². The fourth-order valence-corrected chi connectivity index (χ4v) is 1.82. The van der Waals surface area contributed by atoms with E-state index in [1.165, 1.54) is 6.20 Å². The summed E-state index contributed by atoms with van der Waals surface area (Å²) in [5.74, 6) is 0. The van der Waals surface area contributed by atoms with Crippen LogP contribution in [0.5, 0.6) is 0 Å². The van der Waals surface area contributed by atoms with E-state index >= 15 is 0 Å². The number of aliphatic hydroxyl groups excluding tert-OH is 1. The van der Waals surface area contributed by atoms with Crippen LogP contribution in [0.25, 0.3) is 0 Å². The van der Waals surface area contributed by atoms with E-state index in [9.17, 15) is 14.0 Å². The van der Waals surface area contributed by atoms with Crippen LogP contribution in [-0.2, 0) is 4.74 Å². The first-order valence-electron chi connectivity index (χ1n) is 5.25. The maximum absolute atomic E-state index is 13.4. The molecule has 2 rings (SSSR count). The number of hydrogen-bond donors (Lipinski definition) is 2. The molecule has 0 spiro atoms. The molecule has 0 radical (unpaired) electrons. The summed E-state index contributed by atoms with van der Waals surface area (Å²) in [6, 6.07) is 0. The maximum atomic E-state index is 13.4. The van der Waals surface area contributed by atoms with Gasteiger partial charge in [-0.2, -0.15) is 0 Å². The van der Waals surface area contributed by atoms with Crippen molar-refractivity contribution in [2.75, 3.05) is 6.61 Å². The summed E-state index contributed by atoms with van der Waals surface area (Å²) in [5.41, 5.74) is -0.771. The summed E-state index contributed by atoms with van der Waals surface area (Å²) in [7, 11) is 0. The Balaban J connectivity index is 2.34. The van der Waals surface area contributed by atoms with Gasteiger partial charge in [0.1, 0.15) is 18.5 Å². The molecular weight excluding hydrogens is 231 g/mol.